The lowest BCUT2D eigenvalue weighted by molar-refractivity contribution is -0.129. The van der Waals surface area contributed by atoms with Gasteiger partial charge in [-0.1, -0.05) is 51.6 Å². The monoisotopic (exact) mass is 285 g/mol. The fourth-order valence-corrected chi connectivity index (χ4v) is 2.62. The molecule has 118 valence electrons. The van der Waals surface area contributed by atoms with E-state index in [0.717, 1.165) is 32.1 Å². The molecule has 0 aromatic carbocycles. The topological polar surface area (TPSA) is 87.7 Å². The highest BCUT2D eigenvalue weighted by molar-refractivity contribution is 6.06. The Hall–Kier alpha value is -1.26. The lowest BCUT2D eigenvalue weighted by atomic mass is 9.77. The van der Waals surface area contributed by atoms with E-state index in [1.54, 1.807) is 0 Å². The first-order chi connectivity index (χ1) is 9.48. The van der Waals surface area contributed by atoms with Crippen LogP contribution in [0.2, 0.25) is 0 Å². The van der Waals surface area contributed by atoms with E-state index in [4.69, 9.17) is 10.9 Å². The lowest BCUT2D eigenvalue weighted by Crippen LogP contribution is -2.51. The second kappa shape index (κ2) is 9.61. The number of carbonyl (C=O) groups excluding carboxylic acids is 1. The molecule has 4 N–H and O–H groups in total. The SMILES string of the molecule is CCCCC(C)NC(=O)C(CCC)(CCC)C(N)=NO. The molecular formula is C15H31N3O2. The van der Waals surface area contributed by atoms with Crippen LogP contribution in [0.25, 0.3) is 0 Å². The lowest BCUT2D eigenvalue weighted by Gasteiger charge is -2.32. The number of unbranched alkanes of at least 4 members (excludes halogenated alkanes) is 1. The molecule has 0 aliphatic carbocycles. The van der Waals surface area contributed by atoms with Crippen LogP contribution in [0.3, 0.4) is 0 Å². The van der Waals surface area contributed by atoms with Gasteiger partial charge in [0.25, 0.3) is 0 Å². The highest BCUT2D eigenvalue weighted by Gasteiger charge is 2.41. The number of rotatable bonds is 10. The van der Waals surface area contributed by atoms with E-state index in [1.165, 1.54) is 0 Å². The highest BCUT2D eigenvalue weighted by Crippen LogP contribution is 2.31. The van der Waals surface area contributed by atoms with E-state index >= 15 is 0 Å². The third-order valence-corrected chi connectivity index (χ3v) is 3.75. The molecule has 20 heavy (non-hydrogen) atoms. The van der Waals surface area contributed by atoms with Crippen molar-refractivity contribution in [1.82, 2.24) is 5.32 Å². The van der Waals surface area contributed by atoms with Gasteiger partial charge in [0.05, 0.1) is 0 Å². The van der Waals surface area contributed by atoms with Crippen LogP contribution in [-0.2, 0) is 4.79 Å². The zero-order chi connectivity index (χ0) is 15.6. The Morgan fingerprint density at radius 3 is 2.20 bits per heavy atom. The number of carbonyl (C=O) groups is 1. The molecule has 1 atom stereocenters. The van der Waals surface area contributed by atoms with Crippen LogP contribution in [0.4, 0.5) is 0 Å². The third kappa shape index (κ3) is 5.02. The van der Waals surface area contributed by atoms with Gasteiger partial charge in [-0.05, 0) is 26.2 Å². The first-order valence-electron chi connectivity index (χ1n) is 7.77. The van der Waals surface area contributed by atoms with Crippen molar-refractivity contribution >= 4 is 11.7 Å². The number of hydrogen-bond acceptors (Lipinski definition) is 3. The van der Waals surface area contributed by atoms with Gasteiger partial charge in [0, 0.05) is 6.04 Å². The molecule has 0 saturated heterocycles. The molecule has 1 unspecified atom stereocenters. The Bertz CT molecular complexity index is 310. The van der Waals surface area contributed by atoms with Crippen molar-refractivity contribution < 1.29 is 10.0 Å². The standard InChI is InChI=1S/C15H31N3O2/c1-5-8-9-12(4)17-14(19)15(10-6-2,11-7-3)13(16)18-20/h12,20H,5-11H2,1-4H3,(H2,16,18)(H,17,19). The summed E-state index contributed by atoms with van der Waals surface area (Å²) in [7, 11) is 0. The maximum atomic E-state index is 12.6. The molecule has 0 bridgehead atoms. The summed E-state index contributed by atoms with van der Waals surface area (Å²) in [6, 6.07) is 0.113. The van der Waals surface area contributed by atoms with E-state index in [2.05, 4.69) is 17.4 Å². The van der Waals surface area contributed by atoms with Crippen molar-refractivity contribution in [3.63, 3.8) is 0 Å². The number of nitrogens with one attached hydrogen (secondary N) is 1. The van der Waals surface area contributed by atoms with Crippen LogP contribution < -0.4 is 11.1 Å². The van der Waals surface area contributed by atoms with Crippen molar-refractivity contribution in [3.05, 3.63) is 0 Å². The Morgan fingerprint density at radius 2 is 1.80 bits per heavy atom. The molecular weight excluding hydrogens is 254 g/mol. The number of nitrogens with two attached hydrogens (primary N) is 1. The van der Waals surface area contributed by atoms with Gasteiger partial charge in [0.15, 0.2) is 5.84 Å². The smallest absolute Gasteiger partial charge is 0.234 e. The highest BCUT2D eigenvalue weighted by atomic mass is 16.4. The fourth-order valence-electron chi connectivity index (χ4n) is 2.62. The van der Waals surface area contributed by atoms with E-state index < -0.39 is 5.41 Å². The van der Waals surface area contributed by atoms with Gasteiger partial charge in [-0.2, -0.15) is 0 Å². The molecule has 0 rings (SSSR count). The Labute approximate surface area is 123 Å². The zero-order valence-electron chi connectivity index (χ0n) is 13.4. The number of amides is 1. The number of hydrogen-bond donors (Lipinski definition) is 3. The molecule has 0 radical (unpaired) electrons. The first-order valence-corrected chi connectivity index (χ1v) is 7.77. The predicted octanol–water partition coefficient (Wildman–Crippen LogP) is 3.01. The number of nitrogens with zero attached hydrogens (tertiary/aromatic N) is 1. The maximum Gasteiger partial charge on any atom is 0.234 e. The van der Waals surface area contributed by atoms with Crippen molar-refractivity contribution in [2.24, 2.45) is 16.3 Å². The second-order valence-electron chi connectivity index (χ2n) is 5.58. The van der Waals surface area contributed by atoms with Crippen LogP contribution in [-0.4, -0.2) is 23.0 Å². The molecule has 0 saturated carbocycles. The largest absolute Gasteiger partial charge is 0.409 e. The fraction of sp³-hybridized carbons (Fsp3) is 0.867. The van der Waals surface area contributed by atoms with Crippen molar-refractivity contribution in [2.75, 3.05) is 0 Å². The van der Waals surface area contributed by atoms with Gasteiger partial charge >= 0.3 is 0 Å². The molecule has 0 aliphatic rings. The van der Waals surface area contributed by atoms with E-state index in [1.807, 2.05) is 20.8 Å². The Morgan fingerprint density at radius 1 is 1.25 bits per heavy atom. The van der Waals surface area contributed by atoms with E-state index in [-0.39, 0.29) is 17.8 Å². The van der Waals surface area contributed by atoms with Crippen LogP contribution in [0.5, 0.6) is 0 Å². The molecule has 0 heterocycles. The van der Waals surface area contributed by atoms with Crippen molar-refractivity contribution in [2.45, 2.75) is 78.7 Å². The van der Waals surface area contributed by atoms with Gasteiger partial charge in [-0.25, -0.2) is 0 Å². The average molecular weight is 285 g/mol. The minimum Gasteiger partial charge on any atom is -0.409 e. The first kappa shape index (κ1) is 18.7. The van der Waals surface area contributed by atoms with Crippen molar-refractivity contribution in [1.29, 1.82) is 0 Å². The molecule has 0 aromatic heterocycles. The van der Waals surface area contributed by atoms with Gasteiger partial charge in [0.1, 0.15) is 5.41 Å². The minimum absolute atomic E-state index is 0.0291. The zero-order valence-corrected chi connectivity index (χ0v) is 13.4. The number of amidine groups is 1. The maximum absolute atomic E-state index is 12.6. The summed E-state index contributed by atoms with van der Waals surface area (Å²) < 4.78 is 0. The summed E-state index contributed by atoms with van der Waals surface area (Å²) in [6.45, 7) is 8.14. The summed E-state index contributed by atoms with van der Waals surface area (Å²) in [5, 5.41) is 15.2. The minimum atomic E-state index is -0.876. The molecule has 0 fully saturated rings. The van der Waals surface area contributed by atoms with Gasteiger partial charge in [-0.15, -0.1) is 0 Å². The van der Waals surface area contributed by atoms with Gasteiger partial charge in [-0.3, -0.25) is 4.79 Å². The third-order valence-electron chi connectivity index (χ3n) is 3.75. The molecule has 0 aromatic rings. The molecule has 1 amide bonds. The summed E-state index contributed by atoms with van der Waals surface area (Å²) in [6.07, 6.45) is 5.97. The van der Waals surface area contributed by atoms with Crippen LogP contribution in [0.15, 0.2) is 5.16 Å². The summed E-state index contributed by atoms with van der Waals surface area (Å²) >= 11 is 0. The van der Waals surface area contributed by atoms with Crippen LogP contribution in [0, 0.1) is 5.41 Å². The van der Waals surface area contributed by atoms with Gasteiger partial charge < -0.3 is 16.3 Å². The Kier molecular flexibility index (Phi) is 9.01. The molecule has 5 heteroatoms. The number of oxime groups is 1. The summed E-state index contributed by atoms with van der Waals surface area (Å²) in [4.78, 5) is 12.6. The van der Waals surface area contributed by atoms with Gasteiger partial charge in [0.2, 0.25) is 5.91 Å². The van der Waals surface area contributed by atoms with Crippen LogP contribution in [0.1, 0.15) is 72.6 Å². The predicted molar refractivity (Wildman–Crippen MR) is 82.8 cm³/mol. The second-order valence-corrected chi connectivity index (χ2v) is 5.58. The van der Waals surface area contributed by atoms with E-state index in [9.17, 15) is 4.79 Å². The molecule has 0 aliphatic heterocycles. The summed E-state index contributed by atoms with van der Waals surface area (Å²) in [5.74, 6) is -0.0819. The summed E-state index contributed by atoms with van der Waals surface area (Å²) in [5.41, 5.74) is 4.96. The normalized spacial score (nSPS) is 14.1. The van der Waals surface area contributed by atoms with E-state index in [0.29, 0.717) is 12.8 Å². The Balaban J connectivity index is 5.04. The average Bonchev–Trinajstić information content (AvgIpc) is 2.43. The quantitative estimate of drug-likeness (QED) is 0.249. The van der Waals surface area contributed by atoms with Crippen LogP contribution >= 0.6 is 0 Å². The van der Waals surface area contributed by atoms with Crippen molar-refractivity contribution in [3.8, 4) is 0 Å². The molecule has 0 spiro atoms. The molecule has 5 nitrogen and oxygen atoms in total.